The Labute approximate surface area is 97.6 Å². The van der Waals surface area contributed by atoms with Crippen LogP contribution in [-0.4, -0.2) is 11.1 Å². The smallest absolute Gasteiger partial charge is 0.341 e. The van der Waals surface area contributed by atoms with Gasteiger partial charge in [-0.05, 0) is 17.5 Å². The molecule has 2 heterocycles. The fraction of sp³-hybridized carbons (Fsp3) is 0. The van der Waals surface area contributed by atoms with Crippen LogP contribution in [0.4, 0.5) is 0 Å². The summed E-state index contributed by atoms with van der Waals surface area (Å²) in [5.74, 6) is -0.910. The molecule has 3 rings (SSSR count). The summed E-state index contributed by atoms with van der Waals surface area (Å²) in [5, 5.41) is 11.2. The fourth-order valence-electron chi connectivity index (χ4n) is 1.96. The Morgan fingerprint density at radius 3 is 2.53 bits per heavy atom. The zero-order valence-corrected chi connectivity index (χ0v) is 9.00. The van der Waals surface area contributed by atoms with Crippen LogP contribution in [0, 0.1) is 0 Å². The number of nitrogens with zero attached hydrogens (tertiary/aromatic N) is 1. The Kier molecular flexibility index (Phi) is 2.05. The Bertz CT molecular complexity index is 734. The van der Waals surface area contributed by atoms with Gasteiger partial charge in [-0.15, -0.1) is 0 Å². The monoisotopic (exact) mass is 224 g/mol. The molecule has 1 aromatic carbocycles. The highest BCUT2D eigenvalue weighted by molar-refractivity contribution is 5.88. The Hall–Kier alpha value is -2.42. The second-order valence-electron chi connectivity index (χ2n) is 3.96. The topological polar surface area (TPSA) is 41.4 Å². The minimum atomic E-state index is -0.910. The molecule has 3 nitrogen and oxygen atoms in total. The SMILES string of the molecule is O=C(O)c1ccc2cc3ccccc3c[n+]2c1. The van der Waals surface area contributed by atoms with Gasteiger partial charge in [0.1, 0.15) is 5.56 Å². The van der Waals surface area contributed by atoms with Gasteiger partial charge in [0, 0.05) is 17.5 Å². The Morgan fingerprint density at radius 2 is 1.76 bits per heavy atom. The third-order valence-electron chi connectivity index (χ3n) is 2.83. The van der Waals surface area contributed by atoms with Crippen LogP contribution in [0.15, 0.2) is 54.9 Å². The van der Waals surface area contributed by atoms with Crippen molar-refractivity contribution in [1.29, 1.82) is 0 Å². The average molecular weight is 224 g/mol. The van der Waals surface area contributed by atoms with E-state index >= 15 is 0 Å². The highest BCUT2D eigenvalue weighted by atomic mass is 16.4. The summed E-state index contributed by atoms with van der Waals surface area (Å²) in [7, 11) is 0. The maximum atomic E-state index is 10.9. The van der Waals surface area contributed by atoms with Crippen molar-refractivity contribution in [2.75, 3.05) is 0 Å². The van der Waals surface area contributed by atoms with Crippen LogP contribution >= 0.6 is 0 Å². The van der Waals surface area contributed by atoms with Crippen LogP contribution in [0.5, 0.6) is 0 Å². The summed E-state index contributed by atoms with van der Waals surface area (Å²) < 4.78 is 1.84. The first-order valence-corrected chi connectivity index (χ1v) is 5.31. The molecule has 17 heavy (non-hydrogen) atoms. The first-order valence-electron chi connectivity index (χ1n) is 5.31. The highest BCUT2D eigenvalue weighted by Crippen LogP contribution is 2.13. The first-order chi connectivity index (χ1) is 8.24. The van der Waals surface area contributed by atoms with Gasteiger partial charge in [0.25, 0.3) is 0 Å². The molecule has 0 spiro atoms. The van der Waals surface area contributed by atoms with Crippen molar-refractivity contribution in [3.63, 3.8) is 0 Å². The number of aromatic carboxylic acids is 1. The molecule has 0 saturated heterocycles. The molecule has 0 saturated carbocycles. The van der Waals surface area contributed by atoms with Crippen LogP contribution in [0.2, 0.25) is 0 Å². The van der Waals surface area contributed by atoms with Crippen LogP contribution in [0.3, 0.4) is 0 Å². The molecule has 1 N–H and O–H groups in total. The number of pyridine rings is 2. The molecule has 0 aliphatic carbocycles. The molecule has 3 aromatic rings. The molecule has 0 aliphatic rings. The van der Waals surface area contributed by atoms with Gasteiger partial charge in [-0.2, -0.15) is 4.40 Å². The van der Waals surface area contributed by atoms with Gasteiger partial charge in [-0.25, -0.2) is 4.79 Å². The van der Waals surface area contributed by atoms with Crippen LogP contribution in [0.25, 0.3) is 16.3 Å². The molecule has 0 unspecified atom stereocenters. The van der Waals surface area contributed by atoms with E-state index in [4.69, 9.17) is 5.11 Å². The minimum Gasteiger partial charge on any atom is -0.477 e. The lowest BCUT2D eigenvalue weighted by molar-refractivity contribution is -0.510. The third-order valence-corrected chi connectivity index (χ3v) is 2.83. The predicted molar refractivity (Wildman–Crippen MR) is 64.1 cm³/mol. The molecule has 0 radical (unpaired) electrons. The van der Waals surface area contributed by atoms with E-state index in [2.05, 4.69) is 0 Å². The maximum Gasteiger partial charge on any atom is 0.341 e. The van der Waals surface area contributed by atoms with E-state index in [1.165, 1.54) is 0 Å². The standard InChI is InChI=1S/C14H9NO2/c16-14(17)12-5-6-13-7-10-3-1-2-4-11(10)8-15(13)9-12/h1-9H/p+1. The van der Waals surface area contributed by atoms with Gasteiger partial charge in [0.15, 0.2) is 12.4 Å². The van der Waals surface area contributed by atoms with E-state index in [1.807, 2.05) is 47.0 Å². The third kappa shape index (κ3) is 1.61. The molecule has 0 amide bonds. The number of hydrogen-bond donors (Lipinski definition) is 1. The van der Waals surface area contributed by atoms with Crippen LogP contribution in [-0.2, 0) is 0 Å². The molecular weight excluding hydrogens is 214 g/mol. The largest absolute Gasteiger partial charge is 0.477 e. The van der Waals surface area contributed by atoms with Crippen molar-refractivity contribution >= 4 is 22.3 Å². The summed E-state index contributed by atoms with van der Waals surface area (Å²) in [4.78, 5) is 10.9. The molecule has 0 aliphatic heterocycles. The Morgan fingerprint density at radius 1 is 1.00 bits per heavy atom. The summed E-state index contributed by atoms with van der Waals surface area (Å²) in [6, 6.07) is 13.5. The lowest BCUT2D eigenvalue weighted by Gasteiger charge is -1.97. The summed E-state index contributed by atoms with van der Waals surface area (Å²) in [6.45, 7) is 0. The van der Waals surface area contributed by atoms with E-state index in [-0.39, 0.29) is 5.56 Å². The quantitative estimate of drug-likeness (QED) is 0.509. The molecule has 0 bridgehead atoms. The van der Waals surface area contributed by atoms with Crippen molar-refractivity contribution in [3.05, 3.63) is 60.4 Å². The number of aromatic nitrogens is 1. The van der Waals surface area contributed by atoms with Gasteiger partial charge in [0.2, 0.25) is 5.52 Å². The number of fused-ring (bicyclic) bond motifs is 2. The van der Waals surface area contributed by atoms with Gasteiger partial charge < -0.3 is 5.11 Å². The van der Waals surface area contributed by atoms with E-state index in [0.717, 1.165) is 16.3 Å². The molecular formula is C14H10NO2+. The number of benzene rings is 1. The number of rotatable bonds is 1. The number of carboxylic acids is 1. The van der Waals surface area contributed by atoms with E-state index < -0.39 is 5.97 Å². The van der Waals surface area contributed by atoms with Gasteiger partial charge in [-0.1, -0.05) is 18.2 Å². The number of carbonyl (C=O) groups is 1. The normalized spacial score (nSPS) is 10.8. The molecule has 2 aromatic heterocycles. The first kappa shape index (κ1) is 9.78. The Balaban J connectivity index is 2.36. The zero-order valence-electron chi connectivity index (χ0n) is 9.00. The van der Waals surface area contributed by atoms with Crippen molar-refractivity contribution in [2.24, 2.45) is 0 Å². The molecule has 3 heteroatoms. The molecule has 0 fully saturated rings. The van der Waals surface area contributed by atoms with Crippen molar-refractivity contribution in [3.8, 4) is 0 Å². The summed E-state index contributed by atoms with van der Waals surface area (Å²) in [5.41, 5.74) is 1.27. The number of hydrogen-bond acceptors (Lipinski definition) is 1. The summed E-state index contributed by atoms with van der Waals surface area (Å²) in [6.07, 6.45) is 3.57. The molecule has 0 atom stereocenters. The van der Waals surface area contributed by atoms with Crippen LogP contribution in [0.1, 0.15) is 10.4 Å². The van der Waals surface area contributed by atoms with Gasteiger partial charge in [-0.3, -0.25) is 0 Å². The summed E-state index contributed by atoms with van der Waals surface area (Å²) >= 11 is 0. The lowest BCUT2D eigenvalue weighted by Crippen LogP contribution is -2.22. The van der Waals surface area contributed by atoms with Crippen molar-refractivity contribution in [2.45, 2.75) is 0 Å². The number of carboxylic acid groups (broad SMARTS) is 1. The van der Waals surface area contributed by atoms with Gasteiger partial charge >= 0.3 is 5.97 Å². The second-order valence-corrected chi connectivity index (χ2v) is 3.96. The van der Waals surface area contributed by atoms with E-state index in [1.54, 1.807) is 12.3 Å². The lowest BCUT2D eigenvalue weighted by atomic mass is 10.1. The van der Waals surface area contributed by atoms with Crippen molar-refractivity contribution in [1.82, 2.24) is 0 Å². The predicted octanol–water partition coefficient (Wildman–Crippen LogP) is 2.28. The zero-order chi connectivity index (χ0) is 11.8. The highest BCUT2D eigenvalue weighted by Gasteiger charge is 2.10. The van der Waals surface area contributed by atoms with E-state index in [9.17, 15) is 4.79 Å². The minimum absolute atomic E-state index is 0.290. The average Bonchev–Trinajstić information content (AvgIpc) is 2.35. The van der Waals surface area contributed by atoms with Crippen LogP contribution < -0.4 is 4.40 Å². The second kappa shape index (κ2) is 3.56. The van der Waals surface area contributed by atoms with Crippen molar-refractivity contribution < 1.29 is 14.3 Å². The maximum absolute atomic E-state index is 10.9. The van der Waals surface area contributed by atoms with Gasteiger partial charge in [0.05, 0.1) is 0 Å². The molecule has 82 valence electrons. The fourth-order valence-corrected chi connectivity index (χ4v) is 1.96. The van der Waals surface area contributed by atoms with E-state index in [0.29, 0.717) is 0 Å².